The molecule has 2 aliphatic rings. The van der Waals surface area contributed by atoms with Gasteiger partial charge in [0.05, 0.1) is 18.3 Å². The normalized spacial score (nSPS) is 30.4. The lowest BCUT2D eigenvalue weighted by Crippen LogP contribution is -2.41. The Morgan fingerprint density at radius 3 is 2.10 bits per heavy atom. The van der Waals surface area contributed by atoms with E-state index in [0.29, 0.717) is 11.7 Å². The van der Waals surface area contributed by atoms with Gasteiger partial charge in [0.15, 0.2) is 0 Å². The van der Waals surface area contributed by atoms with Crippen LogP contribution >= 0.6 is 0 Å². The minimum Gasteiger partial charge on any atom is -0.497 e. The summed E-state index contributed by atoms with van der Waals surface area (Å²) in [6, 6.07) is 8.34. The fourth-order valence-electron chi connectivity index (χ4n) is 2.81. The molecule has 108 valence electrons. The number of hydrogen-bond donors (Lipinski definition) is 0. The zero-order valence-electron chi connectivity index (χ0n) is 13.0. The van der Waals surface area contributed by atoms with Crippen molar-refractivity contribution in [1.29, 1.82) is 0 Å². The smallest absolute Gasteiger partial charge is 0.461 e. The van der Waals surface area contributed by atoms with Crippen molar-refractivity contribution in [2.45, 2.75) is 57.1 Å². The second-order valence-electron chi connectivity index (χ2n) is 6.90. The van der Waals surface area contributed by atoms with Crippen LogP contribution in [0.25, 0.3) is 0 Å². The first-order valence-corrected chi connectivity index (χ1v) is 7.34. The Hall–Kier alpha value is -0.995. The van der Waals surface area contributed by atoms with Gasteiger partial charge in [-0.3, -0.25) is 0 Å². The number of ether oxygens (including phenoxy) is 1. The number of hydrogen-bond acceptors (Lipinski definition) is 3. The summed E-state index contributed by atoms with van der Waals surface area (Å²) in [6.45, 7) is 8.44. The van der Waals surface area contributed by atoms with Crippen molar-refractivity contribution >= 4 is 7.12 Å². The Balaban J connectivity index is 1.68. The molecule has 4 heteroatoms. The van der Waals surface area contributed by atoms with Crippen molar-refractivity contribution in [3.05, 3.63) is 29.8 Å². The zero-order valence-corrected chi connectivity index (χ0v) is 13.0. The van der Waals surface area contributed by atoms with Crippen LogP contribution in [0.3, 0.4) is 0 Å². The molecule has 2 fully saturated rings. The van der Waals surface area contributed by atoms with Gasteiger partial charge in [-0.05, 0) is 57.7 Å². The van der Waals surface area contributed by atoms with Crippen LogP contribution < -0.4 is 4.74 Å². The van der Waals surface area contributed by atoms with Gasteiger partial charge in [-0.1, -0.05) is 12.1 Å². The van der Waals surface area contributed by atoms with Gasteiger partial charge in [0.2, 0.25) is 0 Å². The maximum absolute atomic E-state index is 6.14. The minimum absolute atomic E-state index is 0.0768. The fourth-order valence-corrected chi connectivity index (χ4v) is 2.81. The maximum Gasteiger partial charge on any atom is 0.461 e. The molecule has 1 aromatic carbocycles. The van der Waals surface area contributed by atoms with Gasteiger partial charge in [0.25, 0.3) is 0 Å². The van der Waals surface area contributed by atoms with Crippen LogP contribution in [0.4, 0.5) is 0 Å². The molecule has 1 aliphatic heterocycles. The lowest BCUT2D eigenvalue weighted by molar-refractivity contribution is 0.00578. The van der Waals surface area contributed by atoms with Crippen LogP contribution in [0.1, 0.15) is 45.6 Å². The number of benzene rings is 1. The highest BCUT2D eigenvalue weighted by molar-refractivity contribution is 6.49. The second kappa shape index (κ2) is 4.50. The zero-order chi connectivity index (χ0) is 14.5. The molecule has 1 aromatic rings. The van der Waals surface area contributed by atoms with E-state index in [4.69, 9.17) is 14.0 Å². The predicted molar refractivity (Wildman–Crippen MR) is 80.2 cm³/mol. The van der Waals surface area contributed by atoms with Crippen molar-refractivity contribution in [2.75, 3.05) is 7.11 Å². The van der Waals surface area contributed by atoms with Crippen molar-refractivity contribution in [2.24, 2.45) is 0 Å². The Labute approximate surface area is 121 Å². The van der Waals surface area contributed by atoms with Crippen LogP contribution in [0, 0.1) is 0 Å². The van der Waals surface area contributed by atoms with E-state index in [1.807, 2.05) is 12.1 Å². The largest absolute Gasteiger partial charge is 0.497 e. The van der Waals surface area contributed by atoms with Crippen molar-refractivity contribution in [3.8, 4) is 5.75 Å². The number of rotatable bonds is 3. The molecule has 3 rings (SSSR count). The van der Waals surface area contributed by atoms with Crippen LogP contribution in [-0.2, 0) is 9.31 Å². The first-order chi connectivity index (χ1) is 9.34. The SMILES string of the molecule is COc1ccc(C2CC2B2OC(C)(C)C(C)(C)O2)cc1. The third-order valence-corrected chi connectivity index (χ3v) is 5.00. The van der Waals surface area contributed by atoms with Gasteiger partial charge < -0.3 is 14.0 Å². The van der Waals surface area contributed by atoms with E-state index < -0.39 is 0 Å². The molecular formula is C16H23BO3. The Morgan fingerprint density at radius 1 is 1.05 bits per heavy atom. The average Bonchev–Trinajstić information content (AvgIpc) is 3.13. The van der Waals surface area contributed by atoms with Crippen LogP contribution in [0.15, 0.2) is 24.3 Å². The van der Waals surface area contributed by atoms with E-state index in [-0.39, 0.29) is 18.3 Å². The van der Waals surface area contributed by atoms with E-state index in [9.17, 15) is 0 Å². The van der Waals surface area contributed by atoms with Crippen LogP contribution in [0.2, 0.25) is 5.82 Å². The maximum atomic E-state index is 6.14. The van der Waals surface area contributed by atoms with Crippen LogP contribution in [0.5, 0.6) is 5.75 Å². The van der Waals surface area contributed by atoms with E-state index in [1.54, 1.807) is 7.11 Å². The molecule has 0 bridgehead atoms. The van der Waals surface area contributed by atoms with Crippen molar-refractivity contribution < 1.29 is 14.0 Å². The Kier molecular flexibility index (Phi) is 3.14. The summed E-state index contributed by atoms with van der Waals surface area (Å²) in [7, 11) is 1.62. The monoisotopic (exact) mass is 274 g/mol. The first kappa shape index (κ1) is 14.0. The summed E-state index contributed by atoms with van der Waals surface area (Å²) in [5, 5.41) is 0. The number of methoxy groups -OCH3 is 1. The fraction of sp³-hybridized carbons (Fsp3) is 0.625. The highest BCUT2D eigenvalue weighted by Crippen LogP contribution is 2.58. The summed E-state index contributed by atoms with van der Waals surface area (Å²) >= 11 is 0. The molecule has 1 heterocycles. The van der Waals surface area contributed by atoms with E-state index in [0.717, 1.165) is 12.2 Å². The summed E-state index contributed by atoms with van der Waals surface area (Å²) in [4.78, 5) is 0. The van der Waals surface area contributed by atoms with Gasteiger partial charge in [-0.2, -0.15) is 0 Å². The molecule has 0 N–H and O–H groups in total. The van der Waals surface area contributed by atoms with Crippen LogP contribution in [-0.4, -0.2) is 25.4 Å². The minimum atomic E-state index is -0.231. The highest BCUT2D eigenvalue weighted by Gasteiger charge is 2.59. The molecule has 20 heavy (non-hydrogen) atoms. The Morgan fingerprint density at radius 2 is 1.60 bits per heavy atom. The summed E-state index contributed by atoms with van der Waals surface area (Å²) in [5.74, 6) is 1.93. The van der Waals surface area contributed by atoms with E-state index >= 15 is 0 Å². The molecule has 2 unspecified atom stereocenters. The molecule has 0 spiro atoms. The lowest BCUT2D eigenvalue weighted by Gasteiger charge is -2.32. The summed E-state index contributed by atoms with van der Waals surface area (Å²) in [6.07, 6.45) is 1.14. The topological polar surface area (TPSA) is 27.7 Å². The van der Waals surface area contributed by atoms with E-state index in [1.165, 1.54) is 5.56 Å². The molecular weight excluding hydrogens is 251 g/mol. The van der Waals surface area contributed by atoms with Crippen molar-refractivity contribution in [1.82, 2.24) is 0 Å². The Bertz CT molecular complexity index is 479. The van der Waals surface area contributed by atoms with Gasteiger partial charge in [-0.15, -0.1) is 0 Å². The van der Waals surface area contributed by atoms with Gasteiger partial charge >= 0.3 is 7.12 Å². The third kappa shape index (κ3) is 2.25. The van der Waals surface area contributed by atoms with Gasteiger partial charge in [0.1, 0.15) is 5.75 Å². The average molecular weight is 274 g/mol. The molecule has 0 amide bonds. The van der Waals surface area contributed by atoms with Crippen molar-refractivity contribution in [3.63, 3.8) is 0 Å². The molecule has 0 radical (unpaired) electrons. The molecule has 1 aliphatic carbocycles. The molecule has 2 atom stereocenters. The first-order valence-electron chi connectivity index (χ1n) is 7.34. The second-order valence-corrected chi connectivity index (χ2v) is 6.90. The molecule has 0 aromatic heterocycles. The highest BCUT2D eigenvalue weighted by atomic mass is 16.7. The van der Waals surface area contributed by atoms with E-state index in [2.05, 4.69) is 39.8 Å². The summed E-state index contributed by atoms with van der Waals surface area (Å²) in [5.41, 5.74) is 0.889. The lowest BCUT2D eigenvalue weighted by atomic mass is 9.79. The molecule has 3 nitrogen and oxygen atoms in total. The standard InChI is InChI=1S/C16H23BO3/c1-15(2)16(3,4)20-17(19-15)14-10-13(14)11-6-8-12(18-5)9-7-11/h6-9,13-14H,10H2,1-5H3. The summed E-state index contributed by atoms with van der Waals surface area (Å²) < 4.78 is 17.5. The molecule has 1 saturated carbocycles. The predicted octanol–water partition coefficient (Wildman–Crippen LogP) is 3.64. The molecule has 1 saturated heterocycles. The third-order valence-electron chi connectivity index (χ3n) is 5.00. The quantitative estimate of drug-likeness (QED) is 0.787. The van der Waals surface area contributed by atoms with Gasteiger partial charge in [-0.25, -0.2) is 0 Å². The van der Waals surface area contributed by atoms with Gasteiger partial charge in [0, 0.05) is 5.82 Å².